The Bertz CT molecular complexity index is 785. The Morgan fingerprint density at radius 1 is 1.34 bits per heavy atom. The van der Waals surface area contributed by atoms with Crippen LogP contribution in [0.15, 0.2) is 30.3 Å². The molecule has 1 fully saturated rings. The summed E-state index contributed by atoms with van der Waals surface area (Å²) in [5.74, 6) is -1.83. The molecular weight excluding hydrogens is 401 g/mol. The van der Waals surface area contributed by atoms with Gasteiger partial charge in [0.25, 0.3) is 0 Å². The highest BCUT2D eigenvalue weighted by Gasteiger charge is 2.34. The molecule has 1 aliphatic rings. The molecule has 2 N–H and O–H groups in total. The van der Waals surface area contributed by atoms with Gasteiger partial charge in [-0.25, -0.2) is 4.39 Å². The van der Waals surface area contributed by atoms with Crippen molar-refractivity contribution in [3.8, 4) is 0 Å². The quantitative estimate of drug-likeness (QED) is 0.287. The number of benzene rings is 1. The first-order valence-corrected chi connectivity index (χ1v) is 9.29. The van der Waals surface area contributed by atoms with Crippen molar-refractivity contribution in [2.45, 2.75) is 12.5 Å². The van der Waals surface area contributed by atoms with E-state index in [1.165, 1.54) is 48.4 Å². The molecule has 10 heteroatoms. The van der Waals surface area contributed by atoms with Gasteiger partial charge < -0.3 is 19.7 Å². The fraction of sp³-hybridized carbons (Fsp3) is 0.368. The van der Waals surface area contributed by atoms with Gasteiger partial charge in [0, 0.05) is 26.3 Å². The molecule has 1 atom stereocenters. The second kappa shape index (κ2) is 11.2. The minimum absolute atomic E-state index is 0.0308. The fourth-order valence-electron chi connectivity index (χ4n) is 2.58. The molecule has 8 nitrogen and oxygen atoms in total. The SMILES string of the molecule is COCCOC(=O)CC1C(=O)NCCN1C(=S)NC(=O)/C=C/c1ccc(F)cc1. The number of carbonyl (C=O) groups is 3. The summed E-state index contributed by atoms with van der Waals surface area (Å²) in [6.07, 6.45) is 2.54. The van der Waals surface area contributed by atoms with Crippen LogP contribution in [-0.2, 0) is 23.9 Å². The van der Waals surface area contributed by atoms with Crippen molar-refractivity contribution in [1.82, 2.24) is 15.5 Å². The number of carbonyl (C=O) groups excluding carboxylic acids is 3. The van der Waals surface area contributed by atoms with E-state index < -0.39 is 17.9 Å². The normalized spacial score (nSPS) is 16.4. The number of methoxy groups -OCH3 is 1. The van der Waals surface area contributed by atoms with E-state index in [2.05, 4.69) is 10.6 Å². The highest BCUT2D eigenvalue weighted by atomic mass is 32.1. The zero-order valence-corrected chi connectivity index (χ0v) is 16.7. The molecule has 0 aromatic heterocycles. The number of halogens is 1. The van der Waals surface area contributed by atoms with Crippen LogP contribution in [0.5, 0.6) is 0 Å². The molecule has 1 aromatic carbocycles. The van der Waals surface area contributed by atoms with E-state index in [1.807, 2.05) is 0 Å². The topological polar surface area (TPSA) is 97.0 Å². The van der Waals surface area contributed by atoms with Crippen LogP contribution in [0.25, 0.3) is 6.08 Å². The third-order valence-electron chi connectivity index (χ3n) is 4.03. The van der Waals surface area contributed by atoms with Gasteiger partial charge in [-0.15, -0.1) is 0 Å². The summed E-state index contributed by atoms with van der Waals surface area (Å²) in [6, 6.07) is 4.73. The number of esters is 1. The lowest BCUT2D eigenvalue weighted by atomic mass is 10.1. The number of piperazine rings is 1. The van der Waals surface area contributed by atoms with Crippen LogP contribution < -0.4 is 10.6 Å². The molecule has 0 bridgehead atoms. The van der Waals surface area contributed by atoms with Crippen molar-refractivity contribution < 1.29 is 28.2 Å². The van der Waals surface area contributed by atoms with Gasteiger partial charge >= 0.3 is 5.97 Å². The number of hydrogen-bond acceptors (Lipinski definition) is 6. The van der Waals surface area contributed by atoms with Gasteiger partial charge in [0.2, 0.25) is 11.8 Å². The van der Waals surface area contributed by atoms with E-state index in [4.69, 9.17) is 21.7 Å². The molecule has 1 unspecified atom stereocenters. The average molecular weight is 423 g/mol. The summed E-state index contributed by atoms with van der Waals surface area (Å²) in [7, 11) is 1.48. The van der Waals surface area contributed by atoms with E-state index in [9.17, 15) is 18.8 Å². The lowest BCUT2D eigenvalue weighted by molar-refractivity contribution is -0.148. The predicted molar refractivity (Wildman–Crippen MR) is 107 cm³/mol. The van der Waals surface area contributed by atoms with Crippen LogP contribution in [0.2, 0.25) is 0 Å². The van der Waals surface area contributed by atoms with Crippen LogP contribution in [0.4, 0.5) is 4.39 Å². The van der Waals surface area contributed by atoms with E-state index in [-0.39, 0.29) is 36.5 Å². The van der Waals surface area contributed by atoms with Crippen molar-refractivity contribution in [2.75, 3.05) is 33.4 Å². The molecular formula is C19H22FN3O5S. The van der Waals surface area contributed by atoms with Gasteiger partial charge in [-0.3, -0.25) is 19.7 Å². The molecule has 0 spiro atoms. The van der Waals surface area contributed by atoms with Crippen LogP contribution in [0.3, 0.4) is 0 Å². The third-order valence-corrected chi connectivity index (χ3v) is 4.37. The van der Waals surface area contributed by atoms with Crippen molar-refractivity contribution >= 4 is 41.2 Å². The maximum atomic E-state index is 12.9. The smallest absolute Gasteiger partial charge is 0.308 e. The summed E-state index contributed by atoms with van der Waals surface area (Å²) in [5.41, 5.74) is 0.640. The first-order valence-electron chi connectivity index (χ1n) is 8.88. The molecule has 0 saturated carbocycles. The highest BCUT2D eigenvalue weighted by Crippen LogP contribution is 2.11. The Balaban J connectivity index is 1.94. The van der Waals surface area contributed by atoms with Crippen LogP contribution in [0.1, 0.15) is 12.0 Å². The van der Waals surface area contributed by atoms with Crippen molar-refractivity contribution in [3.63, 3.8) is 0 Å². The Kier molecular flexibility index (Phi) is 8.68. The molecule has 1 heterocycles. The number of rotatable bonds is 7. The zero-order valence-electron chi connectivity index (χ0n) is 15.9. The summed E-state index contributed by atoms with van der Waals surface area (Å²) in [6.45, 7) is 0.998. The Morgan fingerprint density at radius 3 is 2.76 bits per heavy atom. The van der Waals surface area contributed by atoms with Gasteiger partial charge in [-0.1, -0.05) is 12.1 Å². The summed E-state index contributed by atoms with van der Waals surface area (Å²) < 4.78 is 22.7. The molecule has 2 amide bonds. The summed E-state index contributed by atoms with van der Waals surface area (Å²) in [5, 5.41) is 5.21. The maximum Gasteiger partial charge on any atom is 0.308 e. The Morgan fingerprint density at radius 2 is 2.07 bits per heavy atom. The number of ether oxygens (including phenoxy) is 2. The summed E-state index contributed by atoms with van der Waals surface area (Å²) >= 11 is 5.25. The van der Waals surface area contributed by atoms with Crippen molar-refractivity contribution in [1.29, 1.82) is 0 Å². The van der Waals surface area contributed by atoms with E-state index >= 15 is 0 Å². The van der Waals surface area contributed by atoms with E-state index in [1.54, 1.807) is 0 Å². The molecule has 156 valence electrons. The van der Waals surface area contributed by atoms with Crippen molar-refractivity contribution in [2.24, 2.45) is 0 Å². The van der Waals surface area contributed by atoms with Gasteiger partial charge in [0.15, 0.2) is 5.11 Å². The molecule has 2 rings (SSSR count). The van der Waals surface area contributed by atoms with Gasteiger partial charge in [0.1, 0.15) is 18.5 Å². The average Bonchev–Trinajstić information content (AvgIpc) is 2.69. The summed E-state index contributed by atoms with van der Waals surface area (Å²) in [4.78, 5) is 37.8. The molecule has 1 aromatic rings. The number of nitrogens with one attached hydrogen (secondary N) is 2. The van der Waals surface area contributed by atoms with Crippen LogP contribution in [-0.4, -0.2) is 67.3 Å². The Hall–Kier alpha value is -2.85. The molecule has 0 radical (unpaired) electrons. The molecule has 1 saturated heterocycles. The van der Waals surface area contributed by atoms with Crippen molar-refractivity contribution in [3.05, 3.63) is 41.7 Å². The first kappa shape index (κ1) is 22.4. The third kappa shape index (κ3) is 7.24. The molecule has 0 aliphatic carbocycles. The van der Waals surface area contributed by atoms with Gasteiger partial charge in [-0.2, -0.15) is 0 Å². The Labute approximate surface area is 173 Å². The highest BCUT2D eigenvalue weighted by molar-refractivity contribution is 7.80. The zero-order chi connectivity index (χ0) is 21.2. The largest absolute Gasteiger partial charge is 0.463 e. The second-order valence-electron chi connectivity index (χ2n) is 6.10. The molecule has 29 heavy (non-hydrogen) atoms. The monoisotopic (exact) mass is 423 g/mol. The van der Waals surface area contributed by atoms with E-state index in [0.29, 0.717) is 18.7 Å². The lowest BCUT2D eigenvalue weighted by Gasteiger charge is -2.36. The van der Waals surface area contributed by atoms with Crippen LogP contribution in [0, 0.1) is 5.82 Å². The first-order chi connectivity index (χ1) is 13.9. The molecule has 1 aliphatic heterocycles. The number of amides is 2. The minimum atomic E-state index is -0.882. The maximum absolute atomic E-state index is 12.9. The van der Waals surface area contributed by atoms with E-state index in [0.717, 1.165) is 0 Å². The van der Waals surface area contributed by atoms with Crippen LogP contribution >= 0.6 is 12.2 Å². The van der Waals surface area contributed by atoms with Gasteiger partial charge in [-0.05, 0) is 36.0 Å². The standard InChI is InChI=1S/C19H22FN3O5S/c1-27-10-11-28-17(25)12-15-18(26)21-8-9-23(15)19(29)22-16(24)7-4-13-2-5-14(20)6-3-13/h2-7,15H,8-12H2,1H3,(H,21,26)(H,22,24,29)/b7-4+. The number of hydrogen-bond donors (Lipinski definition) is 2. The number of thiocarbonyl (C=S) groups is 1. The number of nitrogens with zero attached hydrogens (tertiary/aromatic N) is 1. The second-order valence-corrected chi connectivity index (χ2v) is 6.48. The predicted octanol–water partition coefficient (Wildman–Crippen LogP) is 0.620. The van der Waals surface area contributed by atoms with Gasteiger partial charge in [0.05, 0.1) is 13.0 Å². The minimum Gasteiger partial charge on any atom is -0.463 e. The fourth-order valence-corrected chi connectivity index (χ4v) is 2.90. The lowest BCUT2D eigenvalue weighted by Crippen LogP contribution is -2.60.